The van der Waals surface area contributed by atoms with Crippen LogP contribution in [0.4, 0.5) is 11.6 Å². The highest BCUT2D eigenvalue weighted by atomic mass is 16.5. The molecule has 3 N–H and O–H groups in total. The van der Waals surface area contributed by atoms with Crippen LogP contribution in [0.15, 0.2) is 79.3 Å². The van der Waals surface area contributed by atoms with Crippen LogP contribution in [0, 0.1) is 0 Å². The largest absolute Gasteiger partial charge is 0.497 e. The van der Waals surface area contributed by atoms with Crippen LogP contribution >= 0.6 is 0 Å². The van der Waals surface area contributed by atoms with Crippen LogP contribution < -0.4 is 15.8 Å². The Labute approximate surface area is 163 Å². The molecule has 140 valence electrons. The third kappa shape index (κ3) is 3.53. The fourth-order valence-electron chi connectivity index (χ4n) is 3.24. The van der Waals surface area contributed by atoms with E-state index in [-0.39, 0.29) is 5.95 Å². The van der Waals surface area contributed by atoms with Gasteiger partial charge < -0.3 is 20.4 Å². The van der Waals surface area contributed by atoms with Gasteiger partial charge in [-0.05, 0) is 42.0 Å². The zero-order chi connectivity index (χ0) is 19.5. The molecule has 4 aromatic rings. The number of nitrogens with zero attached hydrogens (tertiary/aromatic N) is 3. The van der Waals surface area contributed by atoms with Gasteiger partial charge in [0.25, 0.3) is 0 Å². The predicted octanol–water partition coefficient (Wildman–Crippen LogP) is 4.18. The molecule has 28 heavy (non-hydrogen) atoms. The summed E-state index contributed by atoms with van der Waals surface area (Å²) >= 11 is 0. The molecule has 0 aliphatic carbocycles. The van der Waals surface area contributed by atoms with Gasteiger partial charge in [-0.15, -0.1) is 0 Å². The minimum atomic E-state index is 0.250. The van der Waals surface area contributed by atoms with E-state index < -0.39 is 0 Å². The second-order valence-electron chi connectivity index (χ2n) is 6.45. The first kappa shape index (κ1) is 17.6. The lowest BCUT2D eigenvalue weighted by molar-refractivity contribution is 0.414. The first-order valence-corrected chi connectivity index (χ1v) is 8.91. The van der Waals surface area contributed by atoms with Crippen molar-refractivity contribution in [1.82, 2.24) is 14.5 Å². The number of fused-ring (bicyclic) bond motifs is 1. The number of hydrogen-bond acceptors (Lipinski definition) is 5. The highest BCUT2D eigenvalue weighted by Crippen LogP contribution is 2.28. The Morgan fingerprint density at radius 3 is 2.86 bits per heavy atom. The van der Waals surface area contributed by atoms with Crippen LogP contribution in [0.1, 0.15) is 5.56 Å². The lowest BCUT2D eigenvalue weighted by Crippen LogP contribution is -2.03. The summed E-state index contributed by atoms with van der Waals surface area (Å²) in [5.41, 5.74) is 9.79. The van der Waals surface area contributed by atoms with Gasteiger partial charge in [0.05, 0.1) is 12.6 Å². The quantitative estimate of drug-likeness (QED) is 0.532. The van der Waals surface area contributed by atoms with E-state index in [9.17, 15) is 0 Å². The molecule has 0 radical (unpaired) electrons. The number of nitrogens with two attached hydrogens (primary N) is 1. The average Bonchev–Trinajstić information content (AvgIpc) is 3.13. The third-order valence-corrected chi connectivity index (χ3v) is 4.50. The number of nitrogen functional groups attached to an aromatic ring is 1. The molecule has 0 aliphatic rings. The van der Waals surface area contributed by atoms with Crippen molar-refractivity contribution < 1.29 is 4.74 Å². The first-order valence-electron chi connectivity index (χ1n) is 8.91. The molecule has 0 saturated heterocycles. The summed E-state index contributed by atoms with van der Waals surface area (Å²) in [4.78, 5) is 8.27. The van der Waals surface area contributed by atoms with Crippen molar-refractivity contribution >= 4 is 22.5 Å². The molecule has 2 aromatic carbocycles. The fraction of sp³-hybridized carbons (Fsp3) is 0.0909. The summed E-state index contributed by atoms with van der Waals surface area (Å²) in [6, 6.07) is 18.0. The zero-order valence-corrected chi connectivity index (χ0v) is 15.6. The van der Waals surface area contributed by atoms with Gasteiger partial charge in [0, 0.05) is 35.6 Å². The molecule has 2 aromatic heterocycles. The van der Waals surface area contributed by atoms with Crippen molar-refractivity contribution in [2.45, 2.75) is 6.42 Å². The van der Waals surface area contributed by atoms with Gasteiger partial charge in [-0.25, -0.2) is 4.98 Å². The van der Waals surface area contributed by atoms with E-state index >= 15 is 0 Å². The van der Waals surface area contributed by atoms with Crippen LogP contribution in [0.3, 0.4) is 0 Å². The van der Waals surface area contributed by atoms with Crippen LogP contribution in [0.5, 0.6) is 5.75 Å². The van der Waals surface area contributed by atoms with E-state index in [1.165, 1.54) is 0 Å². The number of aromatic nitrogens is 3. The van der Waals surface area contributed by atoms with Gasteiger partial charge in [0.1, 0.15) is 11.6 Å². The molecule has 0 atom stereocenters. The van der Waals surface area contributed by atoms with Crippen molar-refractivity contribution in [2.75, 3.05) is 18.2 Å². The molecule has 0 saturated carbocycles. The Hall–Kier alpha value is -3.80. The third-order valence-electron chi connectivity index (χ3n) is 4.50. The number of ether oxygens (including phenoxy) is 1. The molecule has 6 nitrogen and oxygen atoms in total. The Bertz CT molecular complexity index is 1150. The molecule has 0 unspecified atom stereocenters. The van der Waals surface area contributed by atoms with Gasteiger partial charge in [-0.2, -0.15) is 4.98 Å². The lowest BCUT2D eigenvalue weighted by atomic mass is 10.1. The predicted molar refractivity (Wildman–Crippen MR) is 113 cm³/mol. The summed E-state index contributed by atoms with van der Waals surface area (Å²) < 4.78 is 7.28. The Morgan fingerprint density at radius 2 is 2.04 bits per heavy atom. The van der Waals surface area contributed by atoms with E-state index in [1.54, 1.807) is 13.3 Å². The summed E-state index contributed by atoms with van der Waals surface area (Å²) in [6.45, 7) is 4.19. The number of rotatable bonds is 6. The van der Waals surface area contributed by atoms with Gasteiger partial charge >= 0.3 is 0 Å². The van der Waals surface area contributed by atoms with E-state index in [1.807, 2.05) is 53.2 Å². The molecule has 0 bridgehead atoms. The van der Waals surface area contributed by atoms with Crippen LogP contribution in [-0.4, -0.2) is 21.6 Å². The number of allylic oxidation sites excluding steroid dienone is 1. The number of methoxy groups -OCH3 is 1. The second kappa shape index (κ2) is 7.44. The van der Waals surface area contributed by atoms with Crippen LogP contribution in [-0.2, 0) is 6.42 Å². The van der Waals surface area contributed by atoms with E-state index in [4.69, 9.17) is 10.5 Å². The number of nitrogens with one attached hydrogen (secondary N) is 1. The molecule has 0 fully saturated rings. The van der Waals surface area contributed by atoms with Crippen LogP contribution in [0.2, 0.25) is 0 Å². The van der Waals surface area contributed by atoms with E-state index in [0.717, 1.165) is 39.4 Å². The summed E-state index contributed by atoms with van der Waals surface area (Å²) in [5.74, 6) is 1.82. The van der Waals surface area contributed by atoms with E-state index in [0.29, 0.717) is 6.42 Å². The normalized spacial score (nSPS) is 10.8. The maximum atomic E-state index is 5.73. The maximum absolute atomic E-state index is 5.73. The number of anilines is 2. The van der Waals surface area contributed by atoms with Crippen molar-refractivity contribution in [2.24, 2.45) is 0 Å². The fourth-order valence-corrected chi connectivity index (χ4v) is 3.24. The lowest BCUT2D eigenvalue weighted by Gasteiger charge is -2.12. The SMILES string of the molecule is C=C(Cc1cccc(OC)c1)Nc1cccc2c1ccn2-c1ccnc(N)n1. The maximum Gasteiger partial charge on any atom is 0.221 e. The van der Waals surface area contributed by atoms with Gasteiger partial charge in [0.2, 0.25) is 5.95 Å². The van der Waals surface area contributed by atoms with E-state index in [2.05, 4.69) is 34.0 Å². The van der Waals surface area contributed by atoms with Crippen LogP contribution in [0.25, 0.3) is 16.7 Å². The highest BCUT2D eigenvalue weighted by molar-refractivity contribution is 5.94. The van der Waals surface area contributed by atoms with Crippen molar-refractivity contribution in [3.05, 3.63) is 84.8 Å². The highest BCUT2D eigenvalue weighted by Gasteiger charge is 2.09. The van der Waals surface area contributed by atoms with Crippen molar-refractivity contribution in [3.63, 3.8) is 0 Å². The molecule has 0 spiro atoms. The molecule has 2 heterocycles. The summed E-state index contributed by atoms with van der Waals surface area (Å²) in [7, 11) is 1.67. The summed E-state index contributed by atoms with van der Waals surface area (Å²) in [5, 5.41) is 4.52. The Morgan fingerprint density at radius 1 is 1.18 bits per heavy atom. The summed E-state index contributed by atoms with van der Waals surface area (Å²) in [6.07, 6.45) is 4.33. The van der Waals surface area contributed by atoms with Gasteiger partial charge in [-0.3, -0.25) is 0 Å². The smallest absolute Gasteiger partial charge is 0.221 e. The minimum Gasteiger partial charge on any atom is -0.497 e. The standard InChI is InChI=1S/C22H21N5O/c1-15(13-16-5-3-6-17(14-16)28-2)25-19-7-4-8-20-18(19)10-12-27(20)21-9-11-24-22(23)26-21/h3-12,14,25H,1,13H2,2H3,(H2,23,24,26). The number of benzene rings is 2. The molecule has 0 aliphatic heterocycles. The molecule has 0 amide bonds. The number of hydrogen-bond donors (Lipinski definition) is 2. The van der Waals surface area contributed by atoms with Crippen molar-refractivity contribution in [3.8, 4) is 11.6 Å². The van der Waals surface area contributed by atoms with Crippen molar-refractivity contribution in [1.29, 1.82) is 0 Å². The molecule has 4 rings (SSSR count). The average molecular weight is 371 g/mol. The molecular formula is C22H21N5O. The van der Waals surface area contributed by atoms with Gasteiger partial charge in [-0.1, -0.05) is 24.8 Å². The first-order chi connectivity index (χ1) is 13.6. The molecule has 6 heteroatoms. The minimum absolute atomic E-state index is 0.250. The molecular weight excluding hydrogens is 350 g/mol. The monoisotopic (exact) mass is 371 g/mol. The topological polar surface area (TPSA) is 78.0 Å². The second-order valence-corrected chi connectivity index (χ2v) is 6.45. The van der Waals surface area contributed by atoms with Gasteiger partial charge in [0.15, 0.2) is 0 Å². The Kier molecular flexibility index (Phi) is 4.68. The zero-order valence-electron chi connectivity index (χ0n) is 15.6. The Balaban J connectivity index is 1.60.